The molecule has 0 aromatic carbocycles. The van der Waals surface area contributed by atoms with Crippen LogP contribution in [0.4, 0.5) is 0 Å². The first-order chi connectivity index (χ1) is 9.70. The summed E-state index contributed by atoms with van der Waals surface area (Å²) in [6, 6.07) is 4.21. The largest absolute Gasteiger partial charge is 0.329 e. The van der Waals surface area contributed by atoms with Gasteiger partial charge in [0.1, 0.15) is 0 Å². The van der Waals surface area contributed by atoms with Crippen molar-refractivity contribution in [2.45, 2.75) is 38.3 Å². The number of likely N-dealkylation sites (tertiary alicyclic amines) is 1. The van der Waals surface area contributed by atoms with Gasteiger partial charge in [0, 0.05) is 31.0 Å². The molecule has 1 aliphatic heterocycles. The van der Waals surface area contributed by atoms with Crippen LogP contribution in [0.5, 0.6) is 0 Å². The van der Waals surface area contributed by atoms with Crippen LogP contribution in [0.2, 0.25) is 0 Å². The SMILES string of the molecule is CCN(Cc1ccncc1)C1(CN)CCCN(C)CC1. The van der Waals surface area contributed by atoms with E-state index < -0.39 is 0 Å². The first-order valence-corrected chi connectivity index (χ1v) is 7.73. The third kappa shape index (κ3) is 3.57. The van der Waals surface area contributed by atoms with Crippen LogP contribution in [0.1, 0.15) is 31.7 Å². The Kier molecular flexibility index (Phi) is 5.52. The lowest BCUT2D eigenvalue weighted by Gasteiger charge is -2.43. The Hall–Kier alpha value is -0.970. The minimum atomic E-state index is 0.156. The average Bonchev–Trinajstić information content (AvgIpc) is 2.68. The zero-order valence-electron chi connectivity index (χ0n) is 12.9. The van der Waals surface area contributed by atoms with E-state index in [9.17, 15) is 0 Å². The van der Waals surface area contributed by atoms with E-state index in [1.807, 2.05) is 12.4 Å². The highest BCUT2D eigenvalue weighted by molar-refractivity contribution is 5.10. The molecule has 1 aromatic rings. The Balaban J connectivity index is 2.14. The van der Waals surface area contributed by atoms with Crippen molar-refractivity contribution in [3.63, 3.8) is 0 Å². The number of nitrogens with two attached hydrogens (primary N) is 1. The quantitative estimate of drug-likeness (QED) is 0.889. The maximum absolute atomic E-state index is 6.21. The summed E-state index contributed by atoms with van der Waals surface area (Å²) in [5.74, 6) is 0. The van der Waals surface area contributed by atoms with Gasteiger partial charge in [0.15, 0.2) is 0 Å². The molecule has 112 valence electrons. The van der Waals surface area contributed by atoms with Gasteiger partial charge < -0.3 is 10.6 Å². The highest BCUT2D eigenvalue weighted by Crippen LogP contribution is 2.29. The van der Waals surface area contributed by atoms with Crippen LogP contribution < -0.4 is 5.73 Å². The lowest BCUT2D eigenvalue weighted by Crippen LogP contribution is -2.53. The molecule has 20 heavy (non-hydrogen) atoms. The Morgan fingerprint density at radius 2 is 2.05 bits per heavy atom. The normalized spacial score (nSPS) is 24.8. The van der Waals surface area contributed by atoms with Gasteiger partial charge in [-0.2, -0.15) is 0 Å². The number of hydrogen-bond donors (Lipinski definition) is 1. The van der Waals surface area contributed by atoms with Gasteiger partial charge >= 0.3 is 0 Å². The number of pyridine rings is 1. The highest BCUT2D eigenvalue weighted by atomic mass is 15.2. The predicted molar refractivity (Wildman–Crippen MR) is 83.5 cm³/mol. The molecular formula is C16H28N4. The third-order valence-electron chi connectivity index (χ3n) is 4.70. The second kappa shape index (κ2) is 7.16. The molecule has 0 amide bonds. The van der Waals surface area contributed by atoms with Crippen LogP contribution in [0.15, 0.2) is 24.5 Å². The topological polar surface area (TPSA) is 45.4 Å². The van der Waals surface area contributed by atoms with E-state index in [1.165, 1.54) is 31.4 Å². The summed E-state index contributed by atoms with van der Waals surface area (Å²) >= 11 is 0. The molecule has 2 rings (SSSR count). The molecule has 0 bridgehead atoms. The fourth-order valence-corrected chi connectivity index (χ4v) is 3.29. The highest BCUT2D eigenvalue weighted by Gasteiger charge is 2.35. The predicted octanol–water partition coefficient (Wildman–Crippen LogP) is 1.72. The Bertz CT molecular complexity index is 395. The first-order valence-electron chi connectivity index (χ1n) is 7.73. The van der Waals surface area contributed by atoms with Gasteiger partial charge in [0.25, 0.3) is 0 Å². The molecule has 1 unspecified atom stereocenters. The van der Waals surface area contributed by atoms with Crippen LogP contribution in [-0.2, 0) is 6.54 Å². The molecule has 0 radical (unpaired) electrons. The Morgan fingerprint density at radius 1 is 1.30 bits per heavy atom. The summed E-state index contributed by atoms with van der Waals surface area (Å²) < 4.78 is 0. The lowest BCUT2D eigenvalue weighted by molar-refractivity contribution is 0.0763. The minimum absolute atomic E-state index is 0.156. The number of likely N-dealkylation sites (N-methyl/N-ethyl adjacent to an activating group) is 1. The van der Waals surface area contributed by atoms with E-state index in [0.29, 0.717) is 0 Å². The summed E-state index contributed by atoms with van der Waals surface area (Å²) in [5.41, 5.74) is 7.69. The molecule has 1 aromatic heterocycles. The van der Waals surface area contributed by atoms with Crippen molar-refractivity contribution in [1.82, 2.24) is 14.8 Å². The van der Waals surface area contributed by atoms with Gasteiger partial charge in [-0.1, -0.05) is 6.92 Å². The van der Waals surface area contributed by atoms with Gasteiger partial charge in [-0.15, -0.1) is 0 Å². The fourth-order valence-electron chi connectivity index (χ4n) is 3.29. The van der Waals surface area contributed by atoms with Crippen LogP contribution >= 0.6 is 0 Å². The molecule has 1 fully saturated rings. The van der Waals surface area contributed by atoms with Gasteiger partial charge in [0.05, 0.1) is 0 Å². The maximum Gasteiger partial charge on any atom is 0.0347 e. The molecule has 1 saturated heterocycles. The van der Waals surface area contributed by atoms with Crippen LogP contribution in [-0.4, -0.2) is 53.5 Å². The molecule has 1 atom stereocenters. The van der Waals surface area contributed by atoms with Crippen molar-refractivity contribution in [3.05, 3.63) is 30.1 Å². The number of rotatable bonds is 5. The van der Waals surface area contributed by atoms with Crippen molar-refractivity contribution in [1.29, 1.82) is 0 Å². The van der Waals surface area contributed by atoms with Crippen molar-refractivity contribution < 1.29 is 0 Å². The lowest BCUT2D eigenvalue weighted by atomic mass is 9.88. The van der Waals surface area contributed by atoms with Gasteiger partial charge in [-0.25, -0.2) is 0 Å². The average molecular weight is 276 g/mol. The van der Waals surface area contributed by atoms with Crippen LogP contribution in [0, 0.1) is 0 Å². The molecule has 0 saturated carbocycles. The maximum atomic E-state index is 6.21. The van der Waals surface area contributed by atoms with E-state index >= 15 is 0 Å². The summed E-state index contributed by atoms with van der Waals surface area (Å²) in [7, 11) is 2.21. The number of hydrogen-bond acceptors (Lipinski definition) is 4. The summed E-state index contributed by atoms with van der Waals surface area (Å²) in [4.78, 5) is 9.10. The summed E-state index contributed by atoms with van der Waals surface area (Å²) in [6.07, 6.45) is 7.35. The second-order valence-corrected chi connectivity index (χ2v) is 5.95. The molecule has 4 heteroatoms. The van der Waals surface area contributed by atoms with E-state index in [0.717, 1.165) is 26.2 Å². The number of nitrogens with zero attached hydrogens (tertiary/aromatic N) is 3. The van der Waals surface area contributed by atoms with E-state index in [4.69, 9.17) is 5.73 Å². The zero-order chi connectivity index (χ0) is 14.4. The fraction of sp³-hybridized carbons (Fsp3) is 0.688. The van der Waals surface area contributed by atoms with Gasteiger partial charge in [0.2, 0.25) is 0 Å². The Labute approximate surface area is 123 Å². The molecule has 0 aliphatic carbocycles. The van der Waals surface area contributed by atoms with Gasteiger partial charge in [-0.3, -0.25) is 9.88 Å². The van der Waals surface area contributed by atoms with Crippen LogP contribution in [0.3, 0.4) is 0 Å². The molecule has 4 nitrogen and oxygen atoms in total. The standard InChI is InChI=1S/C16H28N4/c1-3-20(13-15-5-9-18-10-6-15)16(14-17)7-4-11-19(2)12-8-16/h5-6,9-10H,3-4,7-8,11-14,17H2,1-2H3. The van der Waals surface area contributed by atoms with E-state index in [-0.39, 0.29) is 5.54 Å². The van der Waals surface area contributed by atoms with Crippen molar-refractivity contribution in [3.8, 4) is 0 Å². The summed E-state index contributed by atoms with van der Waals surface area (Å²) in [6.45, 7) is 7.34. The molecular weight excluding hydrogens is 248 g/mol. The summed E-state index contributed by atoms with van der Waals surface area (Å²) in [5, 5.41) is 0. The van der Waals surface area contributed by atoms with Gasteiger partial charge in [-0.05, 0) is 63.6 Å². The molecule has 2 heterocycles. The zero-order valence-corrected chi connectivity index (χ0v) is 12.9. The third-order valence-corrected chi connectivity index (χ3v) is 4.70. The molecule has 1 aliphatic rings. The minimum Gasteiger partial charge on any atom is -0.329 e. The molecule has 0 spiro atoms. The molecule has 2 N–H and O–H groups in total. The smallest absolute Gasteiger partial charge is 0.0347 e. The van der Waals surface area contributed by atoms with E-state index in [2.05, 4.69) is 40.9 Å². The van der Waals surface area contributed by atoms with Crippen molar-refractivity contribution >= 4 is 0 Å². The van der Waals surface area contributed by atoms with Crippen molar-refractivity contribution in [2.24, 2.45) is 5.73 Å². The number of aromatic nitrogens is 1. The van der Waals surface area contributed by atoms with Crippen LogP contribution in [0.25, 0.3) is 0 Å². The second-order valence-electron chi connectivity index (χ2n) is 5.95. The monoisotopic (exact) mass is 276 g/mol. The first kappa shape index (κ1) is 15.4. The van der Waals surface area contributed by atoms with Crippen molar-refractivity contribution in [2.75, 3.05) is 33.2 Å². The Morgan fingerprint density at radius 3 is 2.70 bits per heavy atom. The van der Waals surface area contributed by atoms with E-state index in [1.54, 1.807) is 0 Å².